The number of nitrogens with zero attached hydrogens (tertiary/aromatic N) is 1. The molecule has 19 heavy (non-hydrogen) atoms. The Morgan fingerprint density at radius 3 is 2.74 bits per heavy atom. The van der Waals surface area contributed by atoms with Crippen LogP contribution < -0.4 is 10.2 Å². The molecular formula is C15H16ClNO2. The van der Waals surface area contributed by atoms with Gasteiger partial charge in [0, 0.05) is 23.5 Å². The Bertz CT molecular complexity index is 634. The van der Waals surface area contributed by atoms with E-state index in [9.17, 15) is 4.79 Å². The third-order valence-electron chi connectivity index (χ3n) is 2.89. The first-order valence-electron chi connectivity index (χ1n) is 6.17. The Morgan fingerprint density at radius 1 is 1.32 bits per heavy atom. The minimum atomic E-state index is -0.0300. The number of rotatable bonds is 4. The van der Waals surface area contributed by atoms with Crippen LogP contribution in [0.1, 0.15) is 18.2 Å². The van der Waals surface area contributed by atoms with Crippen LogP contribution in [-0.4, -0.2) is 11.2 Å². The molecule has 0 bridgehead atoms. The summed E-state index contributed by atoms with van der Waals surface area (Å²) in [6, 6.07) is 9.34. The maximum Gasteiger partial charge on any atom is 0.186 e. The zero-order chi connectivity index (χ0) is 13.8. The molecule has 4 heteroatoms. The van der Waals surface area contributed by atoms with Gasteiger partial charge in [0.05, 0.1) is 18.2 Å². The van der Waals surface area contributed by atoms with Gasteiger partial charge in [0.1, 0.15) is 5.75 Å². The highest BCUT2D eigenvalue weighted by Crippen LogP contribution is 2.23. The second kappa shape index (κ2) is 5.93. The summed E-state index contributed by atoms with van der Waals surface area (Å²) < 4.78 is 7.55. The second-order valence-corrected chi connectivity index (χ2v) is 4.48. The van der Waals surface area contributed by atoms with Gasteiger partial charge in [-0.1, -0.05) is 12.1 Å². The summed E-state index contributed by atoms with van der Waals surface area (Å²) in [4.78, 5) is 11.7. The number of halogens is 1. The number of aryl methyl sites for hydroxylation is 1. The summed E-state index contributed by atoms with van der Waals surface area (Å²) in [7, 11) is 0. The highest BCUT2D eigenvalue weighted by molar-refractivity contribution is 6.17. The lowest BCUT2D eigenvalue weighted by molar-refractivity contribution is 0.339. The van der Waals surface area contributed by atoms with E-state index in [1.54, 1.807) is 12.3 Å². The fourth-order valence-electron chi connectivity index (χ4n) is 1.97. The van der Waals surface area contributed by atoms with Crippen molar-refractivity contribution in [2.45, 2.75) is 19.7 Å². The predicted molar refractivity (Wildman–Crippen MR) is 77.5 cm³/mol. The van der Waals surface area contributed by atoms with Crippen LogP contribution in [0.25, 0.3) is 5.69 Å². The average Bonchev–Trinajstić information content (AvgIpc) is 2.40. The molecular weight excluding hydrogens is 262 g/mol. The van der Waals surface area contributed by atoms with Crippen molar-refractivity contribution in [1.82, 2.24) is 4.57 Å². The predicted octanol–water partition coefficient (Wildman–Crippen LogP) is 3.28. The Morgan fingerprint density at radius 2 is 2.05 bits per heavy atom. The zero-order valence-corrected chi connectivity index (χ0v) is 11.8. The lowest BCUT2D eigenvalue weighted by Crippen LogP contribution is -2.13. The molecule has 3 nitrogen and oxygen atoms in total. The molecule has 2 aromatic rings. The molecule has 1 aromatic carbocycles. The summed E-state index contributed by atoms with van der Waals surface area (Å²) in [5.74, 6) is 0.993. The maximum atomic E-state index is 11.7. The van der Waals surface area contributed by atoms with E-state index >= 15 is 0 Å². The molecule has 0 atom stereocenters. The zero-order valence-electron chi connectivity index (χ0n) is 11.0. The summed E-state index contributed by atoms with van der Waals surface area (Å²) in [5, 5.41) is 0. The first-order valence-corrected chi connectivity index (χ1v) is 6.71. The molecule has 0 radical (unpaired) electrons. The summed E-state index contributed by atoms with van der Waals surface area (Å²) in [6.07, 6.45) is 1.78. The largest absolute Gasteiger partial charge is 0.492 e. The van der Waals surface area contributed by atoms with Crippen molar-refractivity contribution in [3.63, 3.8) is 0 Å². The lowest BCUT2D eigenvalue weighted by Gasteiger charge is -2.16. The van der Waals surface area contributed by atoms with E-state index in [2.05, 4.69) is 0 Å². The van der Waals surface area contributed by atoms with E-state index in [4.69, 9.17) is 16.3 Å². The third-order valence-corrected chi connectivity index (χ3v) is 3.18. The van der Waals surface area contributed by atoms with Crippen molar-refractivity contribution in [3.05, 3.63) is 58.0 Å². The Hall–Kier alpha value is -1.74. The number of benzene rings is 1. The number of hydrogen-bond acceptors (Lipinski definition) is 2. The molecule has 0 saturated carbocycles. The fourth-order valence-corrected chi connectivity index (χ4v) is 2.17. The number of hydrogen-bond donors (Lipinski definition) is 0. The van der Waals surface area contributed by atoms with Crippen molar-refractivity contribution in [3.8, 4) is 11.4 Å². The van der Waals surface area contributed by atoms with Crippen molar-refractivity contribution in [2.24, 2.45) is 0 Å². The van der Waals surface area contributed by atoms with E-state index in [-0.39, 0.29) is 11.3 Å². The highest BCUT2D eigenvalue weighted by Gasteiger charge is 2.09. The summed E-state index contributed by atoms with van der Waals surface area (Å²) in [6.45, 7) is 4.43. The van der Waals surface area contributed by atoms with Crippen LogP contribution in [0.4, 0.5) is 0 Å². The quantitative estimate of drug-likeness (QED) is 0.803. The van der Waals surface area contributed by atoms with Crippen LogP contribution in [0.5, 0.6) is 5.75 Å². The van der Waals surface area contributed by atoms with Gasteiger partial charge in [-0.3, -0.25) is 4.79 Å². The van der Waals surface area contributed by atoms with E-state index in [1.807, 2.05) is 42.7 Å². The highest BCUT2D eigenvalue weighted by atomic mass is 35.5. The van der Waals surface area contributed by atoms with Crippen molar-refractivity contribution in [2.75, 3.05) is 6.61 Å². The van der Waals surface area contributed by atoms with Gasteiger partial charge in [0.2, 0.25) is 0 Å². The summed E-state index contributed by atoms with van der Waals surface area (Å²) >= 11 is 5.80. The molecule has 0 aliphatic rings. The van der Waals surface area contributed by atoms with Crippen molar-refractivity contribution >= 4 is 11.6 Å². The second-order valence-electron chi connectivity index (χ2n) is 4.21. The van der Waals surface area contributed by atoms with Gasteiger partial charge in [-0.2, -0.15) is 0 Å². The van der Waals surface area contributed by atoms with E-state index in [0.717, 1.165) is 17.1 Å². The fraction of sp³-hybridized carbons (Fsp3) is 0.267. The number of ether oxygens (including phenoxy) is 1. The summed E-state index contributed by atoms with van der Waals surface area (Å²) in [5.41, 5.74) is 2.32. The third kappa shape index (κ3) is 2.82. The van der Waals surface area contributed by atoms with Gasteiger partial charge < -0.3 is 9.30 Å². The molecule has 0 aliphatic carbocycles. The molecule has 0 aliphatic heterocycles. The van der Waals surface area contributed by atoms with Crippen molar-refractivity contribution in [1.29, 1.82) is 0 Å². The molecule has 100 valence electrons. The van der Waals surface area contributed by atoms with Crippen LogP contribution >= 0.6 is 11.6 Å². The molecule has 2 rings (SSSR count). The van der Waals surface area contributed by atoms with Gasteiger partial charge in [-0.25, -0.2) is 0 Å². The molecule has 1 heterocycles. The smallest absolute Gasteiger partial charge is 0.186 e. The average molecular weight is 278 g/mol. The van der Waals surface area contributed by atoms with Crippen LogP contribution in [0, 0.1) is 6.92 Å². The topological polar surface area (TPSA) is 31.2 Å². The maximum absolute atomic E-state index is 11.7. The molecule has 0 amide bonds. The minimum Gasteiger partial charge on any atom is -0.492 e. The van der Waals surface area contributed by atoms with Gasteiger partial charge in [0.25, 0.3) is 0 Å². The van der Waals surface area contributed by atoms with Crippen LogP contribution in [-0.2, 0) is 5.88 Å². The van der Waals surface area contributed by atoms with Crippen LogP contribution in [0.2, 0.25) is 0 Å². The van der Waals surface area contributed by atoms with Crippen LogP contribution in [0.15, 0.2) is 41.3 Å². The van der Waals surface area contributed by atoms with E-state index in [0.29, 0.717) is 12.2 Å². The molecule has 0 spiro atoms. The standard InChI is InChI=1S/C15H16ClNO2/c1-3-19-15-7-5-4-6-13(15)17-10-12(9-16)14(18)8-11(17)2/h4-8,10H,3,9H2,1-2H3. The van der Waals surface area contributed by atoms with E-state index in [1.165, 1.54) is 0 Å². The Balaban J connectivity index is 2.61. The van der Waals surface area contributed by atoms with Gasteiger partial charge in [0.15, 0.2) is 5.43 Å². The Kier molecular flexibility index (Phi) is 4.27. The minimum absolute atomic E-state index is 0.0300. The Labute approximate surface area is 117 Å². The van der Waals surface area contributed by atoms with Crippen molar-refractivity contribution < 1.29 is 4.74 Å². The van der Waals surface area contributed by atoms with Crippen LogP contribution in [0.3, 0.4) is 0 Å². The number of para-hydroxylation sites is 2. The van der Waals surface area contributed by atoms with Gasteiger partial charge >= 0.3 is 0 Å². The molecule has 0 saturated heterocycles. The first-order chi connectivity index (χ1) is 9.17. The molecule has 1 aromatic heterocycles. The molecule has 0 N–H and O–H groups in total. The lowest BCUT2D eigenvalue weighted by atomic mass is 10.2. The first kappa shape index (κ1) is 13.7. The SMILES string of the molecule is CCOc1ccccc1-n1cc(CCl)c(=O)cc1C. The van der Waals surface area contributed by atoms with Gasteiger partial charge in [-0.05, 0) is 26.0 Å². The number of pyridine rings is 1. The molecule has 0 fully saturated rings. The monoisotopic (exact) mass is 277 g/mol. The molecule has 0 unspecified atom stereocenters. The number of alkyl halides is 1. The number of aromatic nitrogens is 1. The van der Waals surface area contributed by atoms with Gasteiger partial charge in [-0.15, -0.1) is 11.6 Å². The normalized spacial score (nSPS) is 10.5. The van der Waals surface area contributed by atoms with E-state index < -0.39 is 0 Å².